The summed E-state index contributed by atoms with van der Waals surface area (Å²) in [4.78, 5) is -0.0147. The highest BCUT2D eigenvalue weighted by Gasteiger charge is 2.23. The zero-order chi connectivity index (χ0) is 14.6. The van der Waals surface area contributed by atoms with Crippen LogP contribution in [0.5, 0.6) is 0 Å². The van der Waals surface area contributed by atoms with Crippen LogP contribution in [0.25, 0.3) is 0 Å². The van der Waals surface area contributed by atoms with E-state index in [2.05, 4.69) is 6.58 Å². The van der Waals surface area contributed by atoms with Crippen molar-refractivity contribution in [2.24, 2.45) is 0 Å². The maximum atomic E-state index is 13.6. The Labute approximate surface area is 113 Å². The van der Waals surface area contributed by atoms with Crippen LogP contribution in [-0.2, 0) is 16.6 Å². The first-order valence-electron chi connectivity index (χ1n) is 5.89. The molecule has 0 heterocycles. The first-order chi connectivity index (χ1) is 8.88. The van der Waals surface area contributed by atoms with Crippen molar-refractivity contribution in [1.82, 2.24) is 4.31 Å². The highest BCUT2D eigenvalue weighted by atomic mass is 32.2. The van der Waals surface area contributed by atoms with Gasteiger partial charge in [-0.15, -0.1) is 6.58 Å². The summed E-state index contributed by atoms with van der Waals surface area (Å²) < 4.78 is 39.6. The van der Waals surface area contributed by atoms with Crippen LogP contribution in [0.4, 0.5) is 4.39 Å². The molecule has 0 radical (unpaired) electrons. The molecule has 0 unspecified atom stereocenters. The molecule has 6 heteroatoms. The van der Waals surface area contributed by atoms with Gasteiger partial charge >= 0.3 is 0 Å². The summed E-state index contributed by atoms with van der Waals surface area (Å²) >= 11 is 0. The number of nitrogens with zero attached hydrogens (tertiary/aromatic N) is 1. The van der Waals surface area contributed by atoms with Crippen LogP contribution < -0.4 is 0 Å². The molecule has 1 aromatic carbocycles. The molecule has 0 atom stereocenters. The van der Waals surface area contributed by atoms with Gasteiger partial charge in [0.25, 0.3) is 0 Å². The minimum absolute atomic E-state index is 0.0147. The number of hydrogen-bond donors (Lipinski definition) is 1. The highest BCUT2D eigenvalue weighted by molar-refractivity contribution is 7.89. The number of halogens is 1. The number of sulfonamides is 1. The van der Waals surface area contributed by atoms with Crippen LogP contribution in [0.3, 0.4) is 0 Å². The van der Waals surface area contributed by atoms with Gasteiger partial charge in [0.05, 0.1) is 11.5 Å². The van der Waals surface area contributed by atoms with Gasteiger partial charge in [0.15, 0.2) is 0 Å². The van der Waals surface area contributed by atoms with Crippen LogP contribution in [0.2, 0.25) is 0 Å². The lowest BCUT2D eigenvalue weighted by molar-refractivity contribution is 0.275. The van der Waals surface area contributed by atoms with Crippen molar-refractivity contribution in [2.75, 3.05) is 13.1 Å². The quantitative estimate of drug-likeness (QED) is 0.812. The Morgan fingerprint density at radius 1 is 1.47 bits per heavy atom. The molecule has 1 rings (SSSR count). The Hall–Kier alpha value is -1.24. The zero-order valence-electron chi connectivity index (χ0n) is 11.1. The molecule has 19 heavy (non-hydrogen) atoms. The van der Waals surface area contributed by atoms with Gasteiger partial charge in [0.1, 0.15) is 5.82 Å². The van der Waals surface area contributed by atoms with E-state index in [0.29, 0.717) is 6.54 Å². The minimum Gasteiger partial charge on any atom is -0.392 e. The molecule has 0 aliphatic heterocycles. The topological polar surface area (TPSA) is 57.6 Å². The van der Waals surface area contributed by atoms with E-state index in [-0.39, 0.29) is 22.6 Å². The van der Waals surface area contributed by atoms with Crippen molar-refractivity contribution in [1.29, 1.82) is 0 Å². The average molecular weight is 287 g/mol. The molecule has 0 spiro atoms. The summed E-state index contributed by atoms with van der Waals surface area (Å²) in [6.45, 7) is 6.63. The van der Waals surface area contributed by atoms with Crippen molar-refractivity contribution in [3.63, 3.8) is 0 Å². The van der Waals surface area contributed by atoms with Crippen LogP contribution in [0, 0.1) is 12.7 Å². The molecular weight excluding hydrogens is 269 g/mol. The van der Waals surface area contributed by atoms with Crippen LogP contribution in [-0.4, -0.2) is 30.9 Å². The van der Waals surface area contributed by atoms with E-state index in [4.69, 9.17) is 5.11 Å². The monoisotopic (exact) mass is 287 g/mol. The third-order valence-corrected chi connectivity index (χ3v) is 4.72. The Morgan fingerprint density at radius 3 is 2.58 bits per heavy atom. The van der Waals surface area contributed by atoms with Crippen molar-refractivity contribution >= 4 is 10.0 Å². The molecule has 0 saturated carbocycles. The first kappa shape index (κ1) is 15.8. The van der Waals surface area contributed by atoms with E-state index >= 15 is 0 Å². The predicted molar refractivity (Wildman–Crippen MR) is 71.7 cm³/mol. The predicted octanol–water partition coefficient (Wildman–Crippen LogP) is 1.82. The van der Waals surface area contributed by atoms with Gasteiger partial charge in [-0.1, -0.05) is 13.0 Å². The Morgan fingerprint density at radius 2 is 2.11 bits per heavy atom. The maximum absolute atomic E-state index is 13.6. The summed E-state index contributed by atoms with van der Waals surface area (Å²) in [5.41, 5.74) is 0.174. The number of aryl methyl sites for hydroxylation is 1. The number of hydrogen-bond acceptors (Lipinski definition) is 3. The van der Waals surface area contributed by atoms with E-state index in [1.807, 2.05) is 0 Å². The van der Waals surface area contributed by atoms with Gasteiger partial charge in [-0.3, -0.25) is 0 Å². The molecule has 4 nitrogen and oxygen atoms in total. The molecule has 1 aromatic rings. The van der Waals surface area contributed by atoms with Gasteiger partial charge in [-0.2, -0.15) is 4.31 Å². The van der Waals surface area contributed by atoms with E-state index in [9.17, 15) is 12.8 Å². The van der Waals surface area contributed by atoms with Crippen LogP contribution in [0.1, 0.15) is 18.1 Å². The number of likely N-dealkylation sites (N-methyl/N-ethyl adjacent to an activating group) is 1. The second-order valence-corrected chi connectivity index (χ2v) is 6.05. The lowest BCUT2D eigenvalue weighted by atomic mass is 10.1. The second-order valence-electron chi connectivity index (χ2n) is 4.12. The molecule has 106 valence electrons. The van der Waals surface area contributed by atoms with Gasteiger partial charge in [0.2, 0.25) is 10.0 Å². The van der Waals surface area contributed by atoms with Crippen LogP contribution >= 0.6 is 0 Å². The lowest BCUT2D eigenvalue weighted by Gasteiger charge is -2.19. The fraction of sp³-hybridized carbons (Fsp3) is 0.385. The minimum atomic E-state index is -3.70. The fourth-order valence-corrected chi connectivity index (χ4v) is 3.32. The fourth-order valence-electron chi connectivity index (χ4n) is 1.76. The molecule has 0 bridgehead atoms. The van der Waals surface area contributed by atoms with Crippen LogP contribution in [0.15, 0.2) is 29.7 Å². The van der Waals surface area contributed by atoms with Crippen molar-refractivity contribution in [3.8, 4) is 0 Å². The van der Waals surface area contributed by atoms with Gasteiger partial charge in [-0.05, 0) is 24.6 Å². The summed E-state index contributed by atoms with van der Waals surface area (Å²) in [5, 5.41) is 9.07. The van der Waals surface area contributed by atoms with Crippen molar-refractivity contribution in [2.45, 2.75) is 25.3 Å². The highest BCUT2D eigenvalue weighted by Crippen LogP contribution is 2.22. The van der Waals surface area contributed by atoms with E-state index in [1.165, 1.54) is 29.4 Å². The smallest absolute Gasteiger partial charge is 0.243 e. The van der Waals surface area contributed by atoms with Gasteiger partial charge in [0, 0.05) is 18.7 Å². The summed E-state index contributed by atoms with van der Waals surface area (Å²) in [5.74, 6) is -0.576. The molecule has 1 N–H and O–H groups in total. The second kappa shape index (κ2) is 6.27. The van der Waals surface area contributed by atoms with E-state index in [0.717, 1.165) is 0 Å². The first-order valence-corrected chi connectivity index (χ1v) is 7.33. The van der Waals surface area contributed by atoms with Gasteiger partial charge < -0.3 is 5.11 Å². The van der Waals surface area contributed by atoms with Gasteiger partial charge in [-0.25, -0.2) is 12.8 Å². The third-order valence-electron chi connectivity index (χ3n) is 2.80. The maximum Gasteiger partial charge on any atom is 0.243 e. The Kier molecular flexibility index (Phi) is 5.22. The normalized spacial score (nSPS) is 11.8. The summed E-state index contributed by atoms with van der Waals surface area (Å²) in [6, 6.07) is 2.44. The van der Waals surface area contributed by atoms with Crippen molar-refractivity contribution in [3.05, 3.63) is 41.7 Å². The molecule has 0 fully saturated rings. The molecular formula is C13H18FNO3S. The number of rotatable bonds is 6. The lowest BCUT2D eigenvalue weighted by Crippen LogP contribution is -2.31. The molecule has 0 amide bonds. The Bertz CT molecular complexity index is 569. The largest absolute Gasteiger partial charge is 0.392 e. The number of aliphatic hydroxyl groups is 1. The summed E-state index contributed by atoms with van der Waals surface area (Å²) in [7, 11) is -3.70. The average Bonchev–Trinajstić information content (AvgIpc) is 2.38. The molecule has 0 aliphatic rings. The number of benzene rings is 1. The van der Waals surface area contributed by atoms with E-state index in [1.54, 1.807) is 6.92 Å². The Balaban J connectivity index is 3.36. The number of aliphatic hydroxyl groups excluding tert-OH is 1. The third kappa shape index (κ3) is 3.20. The van der Waals surface area contributed by atoms with Crippen molar-refractivity contribution < 1.29 is 17.9 Å². The summed E-state index contributed by atoms with van der Waals surface area (Å²) in [6.07, 6.45) is 1.49. The molecule has 0 aromatic heterocycles. The SMILES string of the molecule is C=CCN(CC)S(=O)(=O)c1cc(C)c(F)c(CO)c1. The molecule has 0 aliphatic carbocycles. The molecule has 0 saturated heterocycles. The standard InChI is InChI=1S/C13H18FNO3S/c1-4-6-15(5-2)19(17,18)12-7-10(3)13(14)11(8-12)9-16/h4,7-8,16H,1,5-6,9H2,2-3H3. The van der Waals surface area contributed by atoms with E-state index < -0.39 is 22.4 Å². The zero-order valence-corrected chi connectivity index (χ0v) is 11.9.